The van der Waals surface area contributed by atoms with E-state index in [0.717, 1.165) is 24.9 Å². The Labute approximate surface area is 102 Å². The van der Waals surface area contributed by atoms with Gasteiger partial charge in [-0.1, -0.05) is 12.1 Å². The quantitative estimate of drug-likeness (QED) is 0.745. The van der Waals surface area contributed by atoms with Crippen LogP contribution in [0.2, 0.25) is 0 Å². The van der Waals surface area contributed by atoms with Crippen LogP contribution in [0.5, 0.6) is 0 Å². The van der Waals surface area contributed by atoms with Gasteiger partial charge in [-0.05, 0) is 31.0 Å². The van der Waals surface area contributed by atoms with E-state index < -0.39 is 0 Å². The molecular formula is C14H19NO2. The van der Waals surface area contributed by atoms with Crippen molar-refractivity contribution in [3.8, 4) is 0 Å². The second-order valence-electron chi connectivity index (χ2n) is 4.98. The Hall–Kier alpha value is -1.35. The van der Waals surface area contributed by atoms with Gasteiger partial charge in [0.2, 0.25) is 0 Å². The summed E-state index contributed by atoms with van der Waals surface area (Å²) in [6.07, 6.45) is 1.89. The summed E-state index contributed by atoms with van der Waals surface area (Å²) in [7, 11) is 2.03. The van der Waals surface area contributed by atoms with Crippen LogP contribution in [0.4, 0.5) is 5.69 Å². The number of aryl methyl sites for hydroxylation is 1. The zero-order valence-corrected chi connectivity index (χ0v) is 10.5. The Morgan fingerprint density at radius 3 is 2.94 bits per heavy atom. The Morgan fingerprint density at radius 1 is 1.53 bits per heavy atom. The molecular weight excluding hydrogens is 214 g/mol. The molecule has 0 aliphatic carbocycles. The maximum atomic E-state index is 11.3. The highest BCUT2D eigenvalue weighted by molar-refractivity contribution is 5.62. The van der Waals surface area contributed by atoms with Crippen LogP contribution in [-0.4, -0.2) is 33.1 Å². The lowest BCUT2D eigenvalue weighted by molar-refractivity contribution is -0.115. The van der Waals surface area contributed by atoms with Crippen molar-refractivity contribution < 1.29 is 9.53 Å². The van der Waals surface area contributed by atoms with Gasteiger partial charge >= 0.3 is 0 Å². The van der Waals surface area contributed by atoms with E-state index >= 15 is 0 Å². The van der Waals surface area contributed by atoms with Gasteiger partial charge in [0.05, 0.1) is 12.0 Å². The molecule has 0 N–H and O–H groups in total. The van der Waals surface area contributed by atoms with Gasteiger partial charge in [0.25, 0.3) is 0 Å². The number of aldehydes is 1. The fourth-order valence-corrected chi connectivity index (χ4v) is 2.31. The van der Waals surface area contributed by atoms with Gasteiger partial charge < -0.3 is 14.4 Å². The smallest absolute Gasteiger partial charge is 0.130 e. The third-order valence-electron chi connectivity index (χ3n) is 3.38. The third kappa shape index (κ3) is 2.67. The molecule has 0 amide bonds. The summed E-state index contributed by atoms with van der Waals surface area (Å²) in [6, 6.07) is 8.32. The molecule has 1 unspecified atom stereocenters. The van der Waals surface area contributed by atoms with Gasteiger partial charge in [-0.2, -0.15) is 0 Å². The number of carbonyl (C=O) groups excluding carboxylic acids is 1. The third-order valence-corrected chi connectivity index (χ3v) is 3.38. The van der Waals surface area contributed by atoms with Crippen LogP contribution in [0.15, 0.2) is 24.3 Å². The molecule has 1 saturated heterocycles. The average Bonchev–Trinajstić information content (AvgIpc) is 2.78. The molecule has 0 saturated carbocycles. The molecule has 3 heteroatoms. The fraction of sp³-hybridized carbons (Fsp3) is 0.500. The summed E-state index contributed by atoms with van der Waals surface area (Å²) in [5.41, 5.74) is 2.06. The van der Waals surface area contributed by atoms with E-state index in [4.69, 9.17) is 4.74 Å². The Morgan fingerprint density at radius 2 is 2.35 bits per heavy atom. The second-order valence-corrected chi connectivity index (χ2v) is 4.98. The van der Waals surface area contributed by atoms with Gasteiger partial charge in [-0.3, -0.25) is 0 Å². The number of carbonyl (C=O) groups is 1. The van der Waals surface area contributed by atoms with Crippen LogP contribution >= 0.6 is 0 Å². The van der Waals surface area contributed by atoms with E-state index in [2.05, 4.69) is 30.0 Å². The minimum absolute atomic E-state index is 0.321. The minimum atomic E-state index is -0.321. The number of benzene rings is 1. The highest BCUT2D eigenvalue weighted by Crippen LogP contribution is 2.28. The number of hydrogen-bond acceptors (Lipinski definition) is 3. The first-order chi connectivity index (χ1) is 8.15. The van der Waals surface area contributed by atoms with E-state index in [1.165, 1.54) is 5.56 Å². The van der Waals surface area contributed by atoms with Crippen LogP contribution in [0, 0.1) is 12.3 Å². The molecule has 92 valence electrons. The topological polar surface area (TPSA) is 29.5 Å². The maximum absolute atomic E-state index is 11.3. The molecule has 0 bridgehead atoms. The van der Waals surface area contributed by atoms with Gasteiger partial charge in [-0.25, -0.2) is 0 Å². The predicted molar refractivity (Wildman–Crippen MR) is 68.4 cm³/mol. The van der Waals surface area contributed by atoms with E-state index in [0.29, 0.717) is 13.2 Å². The zero-order valence-electron chi connectivity index (χ0n) is 10.5. The van der Waals surface area contributed by atoms with Crippen molar-refractivity contribution in [3.63, 3.8) is 0 Å². The first kappa shape index (κ1) is 12.1. The maximum Gasteiger partial charge on any atom is 0.130 e. The van der Waals surface area contributed by atoms with Crippen LogP contribution in [0.1, 0.15) is 12.0 Å². The molecule has 1 aliphatic rings. The number of ether oxygens (including phenoxy) is 1. The highest BCUT2D eigenvalue weighted by atomic mass is 16.5. The average molecular weight is 233 g/mol. The predicted octanol–water partition coefficient (Wildman–Crippen LogP) is 2.04. The van der Waals surface area contributed by atoms with Crippen LogP contribution in [-0.2, 0) is 9.53 Å². The molecule has 0 radical (unpaired) electrons. The zero-order chi connectivity index (χ0) is 12.3. The number of nitrogens with zero attached hydrogens (tertiary/aromatic N) is 1. The second kappa shape index (κ2) is 4.88. The van der Waals surface area contributed by atoms with E-state index in [1.54, 1.807) is 0 Å². The molecule has 17 heavy (non-hydrogen) atoms. The Balaban J connectivity index is 2.10. The Kier molecular flexibility index (Phi) is 3.48. The molecule has 1 aromatic carbocycles. The summed E-state index contributed by atoms with van der Waals surface area (Å²) in [6.45, 7) is 4.04. The van der Waals surface area contributed by atoms with Gasteiger partial charge in [0.1, 0.15) is 6.29 Å². The largest absolute Gasteiger partial charge is 0.380 e. The molecule has 3 nitrogen and oxygen atoms in total. The standard InChI is InChI=1S/C14H19NO2/c1-12-4-3-5-13(8-12)15(2)9-14(10-16)6-7-17-11-14/h3-5,8,10H,6-7,9,11H2,1-2H3. The number of hydrogen-bond donors (Lipinski definition) is 0. The molecule has 1 aliphatic heterocycles. The lowest BCUT2D eigenvalue weighted by Crippen LogP contribution is -2.37. The van der Waals surface area contributed by atoms with Crippen LogP contribution in [0.3, 0.4) is 0 Å². The number of rotatable bonds is 4. The van der Waals surface area contributed by atoms with Crippen molar-refractivity contribution in [2.24, 2.45) is 5.41 Å². The first-order valence-electron chi connectivity index (χ1n) is 5.97. The molecule has 0 aromatic heterocycles. The fourth-order valence-electron chi connectivity index (χ4n) is 2.31. The summed E-state index contributed by atoms with van der Waals surface area (Å²) < 4.78 is 5.35. The summed E-state index contributed by atoms with van der Waals surface area (Å²) in [4.78, 5) is 13.4. The van der Waals surface area contributed by atoms with Crippen LogP contribution < -0.4 is 4.90 Å². The van der Waals surface area contributed by atoms with Crippen molar-refractivity contribution in [1.82, 2.24) is 0 Å². The molecule has 1 atom stereocenters. The summed E-state index contributed by atoms with van der Waals surface area (Å²) >= 11 is 0. The SMILES string of the molecule is Cc1cccc(N(C)CC2(C=O)CCOC2)c1. The molecule has 0 spiro atoms. The van der Waals surface area contributed by atoms with Crippen molar-refractivity contribution in [2.45, 2.75) is 13.3 Å². The molecule has 2 rings (SSSR count). The van der Waals surface area contributed by atoms with Crippen molar-refractivity contribution in [1.29, 1.82) is 0 Å². The van der Waals surface area contributed by atoms with Gasteiger partial charge in [0.15, 0.2) is 0 Å². The van der Waals surface area contributed by atoms with Crippen LogP contribution in [0.25, 0.3) is 0 Å². The monoisotopic (exact) mass is 233 g/mol. The van der Waals surface area contributed by atoms with Crippen molar-refractivity contribution in [3.05, 3.63) is 29.8 Å². The highest BCUT2D eigenvalue weighted by Gasteiger charge is 2.35. The number of anilines is 1. The van der Waals surface area contributed by atoms with Crippen molar-refractivity contribution >= 4 is 12.0 Å². The normalized spacial score (nSPS) is 23.6. The lowest BCUT2D eigenvalue weighted by atomic mass is 9.88. The Bertz CT molecular complexity index is 397. The molecule has 1 aromatic rings. The minimum Gasteiger partial charge on any atom is -0.380 e. The van der Waals surface area contributed by atoms with E-state index in [9.17, 15) is 4.79 Å². The van der Waals surface area contributed by atoms with Crippen molar-refractivity contribution in [2.75, 3.05) is 31.7 Å². The van der Waals surface area contributed by atoms with E-state index in [1.807, 2.05) is 13.1 Å². The lowest BCUT2D eigenvalue weighted by Gasteiger charge is -2.29. The van der Waals surface area contributed by atoms with Gasteiger partial charge in [-0.15, -0.1) is 0 Å². The summed E-state index contributed by atoms with van der Waals surface area (Å²) in [5.74, 6) is 0. The summed E-state index contributed by atoms with van der Waals surface area (Å²) in [5, 5.41) is 0. The van der Waals surface area contributed by atoms with Gasteiger partial charge in [0, 0.05) is 25.9 Å². The molecule has 1 fully saturated rings. The first-order valence-corrected chi connectivity index (χ1v) is 5.97. The van der Waals surface area contributed by atoms with E-state index in [-0.39, 0.29) is 5.41 Å². The molecule has 1 heterocycles.